The lowest BCUT2D eigenvalue weighted by Gasteiger charge is -2.34. The summed E-state index contributed by atoms with van der Waals surface area (Å²) in [6, 6.07) is 11.5. The van der Waals surface area contributed by atoms with E-state index >= 15 is 0 Å². The van der Waals surface area contributed by atoms with Gasteiger partial charge in [-0.25, -0.2) is 9.97 Å². The van der Waals surface area contributed by atoms with Crippen molar-refractivity contribution in [1.29, 1.82) is 5.26 Å². The zero-order valence-corrected chi connectivity index (χ0v) is 24.3. The van der Waals surface area contributed by atoms with E-state index in [2.05, 4.69) is 32.7 Å². The van der Waals surface area contributed by atoms with Crippen LogP contribution in [0.3, 0.4) is 0 Å². The van der Waals surface area contributed by atoms with Crippen molar-refractivity contribution in [3.05, 3.63) is 66.5 Å². The number of ether oxygens (including phenoxy) is 1. The number of benzene rings is 2. The lowest BCUT2D eigenvalue weighted by molar-refractivity contribution is -0.114. The number of fused-ring (bicyclic) bond motifs is 6. The molecule has 4 aromatic rings. The van der Waals surface area contributed by atoms with Gasteiger partial charge in [-0.05, 0) is 51.4 Å². The minimum atomic E-state index is -0.414. The number of aryl methyl sites for hydroxylation is 1. The first-order valence-electron chi connectivity index (χ1n) is 13.3. The van der Waals surface area contributed by atoms with E-state index in [1.807, 2.05) is 76.2 Å². The fourth-order valence-electron chi connectivity index (χ4n) is 5.39. The normalized spacial score (nSPS) is 14.1. The molecule has 41 heavy (non-hydrogen) atoms. The quantitative estimate of drug-likeness (QED) is 0.340. The first kappa shape index (κ1) is 27.7. The molecule has 5 rings (SSSR count). The SMILES string of the molecule is C=CC(=O)N1c2cc(c(OC)cc2N(C)CCN(C)C)Nc2nccc(n2)-c2cc(C#N)c3c(c2)c(cn3C)C1C. The molecule has 3 heterocycles. The lowest BCUT2D eigenvalue weighted by Crippen LogP contribution is -2.35. The van der Waals surface area contributed by atoms with E-state index in [4.69, 9.17) is 9.72 Å². The molecule has 10 nitrogen and oxygen atoms in total. The number of nitriles is 1. The number of anilines is 4. The van der Waals surface area contributed by atoms with Gasteiger partial charge < -0.3 is 24.4 Å². The second kappa shape index (κ2) is 10.9. The zero-order chi connectivity index (χ0) is 29.4. The second-order valence-corrected chi connectivity index (χ2v) is 10.5. The van der Waals surface area contributed by atoms with E-state index in [-0.39, 0.29) is 5.91 Å². The molecule has 0 radical (unpaired) electrons. The summed E-state index contributed by atoms with van der Waals surface area (Å²) in [5, 5.41) is 14.3. The van der Waals surface area contributed by atoms with Crippen LogP contribution in [0.15, 0.2) is 55.4 Å². The van der Waals surface area contributed by atoms with Gasteiger partial charge in [-0.3, -0.25) is 9.69 Å². The lowest BCUT2D eigenvalue weighted by atomic mass is 9.99. The molecule has 2 aromatic carbocycles. The highest BCUT2D eigenvalue weighted by atomic mass is 16.5. The molecule has 0 saturated carbocycles. The summed E-state index contributed by atoms with van der Waals surface area (Å²) in [4.78, 5) is 28.9. The van der Waals surface area contributed by atoms with Crippen LogP contribution < -0.4 is 19.9 Å². The topological polar surface area (TPSA) is 103 Å². The Labute approximate surface area is 240 Å². The average molecular weight is 551 g/mol. The summed E-state index contributed by atoms with van der Waals surface area (Å²) in [6.07, 6.45) is 5.00. The number of rotatable bonds is 6. The number of aromatic nitrogens is 3. The van der Waals surface area contributed by atoms with Gasteiger partial charge in [-0.15, -0.1) is 0 Å². The number of carbonyl (C=O) groups is 1. The standard InChI is InChI=1S/C31H34N8O2/c1-8-29(40)39-19(2)23-18-38(6)30-21(17-32)13-20(14-22(23)30)24-9-10-33-31(34-24)35-25-15-27(39)26(16-28(25)41-7)37(5)12-11-36(3)4/h8-10,13-16,18-19H,1,11-12H2,2-7H3,(H,33,34,35). The predicted octanol–water partition coefficient (Wildman–Crippen LogP) is 4.85. The van der Waals surface area contributed by atoms with Crippen LogP contribution in [-0.2, 0) is 11.8 Å². The number of nitrogens with one attached hydrogen (secondary N) is 1. The first-order valence-corrected chi connectivity index (χ1v) is 13.3. The maximum atomic E-state index is 13.7. The van der Waals surface area contributed by atoms with E-state index < -0.39 is 6.04 Å². The molecular weight excluding hydrogens is 516 g/mol. The van der Waals surface area contributed by atoms with Crippen LogP contribution >= 0.6 is 0 Å². The summed E-state index contributed by atoms with van der Waals surface area (Å²) in [5.41, 5.74) is 5.77. The van der Waals surface area contributed by atoms with Crippen LogP contribution in [0.1, 0.15) is 24.1 Å². The van der Waals surface area contributed by atoms with Gasteiger partial charge in [0.15, 0.2) is 0 Å². The molecule has 1 N–H and O–H groups in total. The van der Waals surface area contributed by atoms with Crippen LogP contribution in [0, 0.1) is 11.3 Å². The van der Waals surface area contributed by atoms with Crippen molar-refractivity contribution >= 4 is 39.8 Å². The van der Waals surface area contributed by atoms with Crippen LogP contribution in [0.25, 0.3) is 22.2 Å². The molecule has 10 heteroatoms. The number of likely N-dealkylation sites (N-methyl/N-ethyl adjacent to an activating group) is 2. The Balaban J connectivity index is 1.86. The van der Waals surface area contributed by atoms with Gasteiger partial charge in [-0.1, -0.05) is 6.58 Å². The number of carbonyl (C=O) groups excluding carboxylic acids is 1. The van der Waals surface area contributed by atoms with Gasteiger partial charge in [0.2, 0.25) is 5.95 Å². The fourth-order valence-corrected chi connectivity index (χ4v) is 5.39. The van der Waals surface area contributed by atoms with E-state index in [1.54, 1.807) is 18.2 Å². The van der Waals surface area contributed by atoms with Crippen molar-refractivity contribution in [3.63, 3.8) is 0 Å². The second-order valence-electron chi connectivity index (χ2n) is 10.5. The molecule has 0 saturated heterocycles. The highest BCUT2D eigenvalue weighted by Crippen LogP contribution is 2.44. The van der Waals surface area contributed by atoms with Gasteiger partial charge in [0, 0.05) is 62.2 Å². The molecular formula is C31H34N8O2. The predicted molar refractivity (Wildman–Crippen MR) is 163 cm³/mol. The van der Waals surface area contributed by atoms with E-state index in [9.17, 15) is 10.1 Å². The van der Waals surface area contributed by atoms with Crippen LogP contribution in [0.2, 0.25) is 0 Å². The molecule has 0 aliphatic carbocycles. The number of hydrogen-bond acceptors (Lipinski definition) is 8. The van der Waals surface area contributed by atoms with Crippen molar-refractivity contribution in [3.8, 4) is 23.1 Å². The highest BCUT2D eigenvalue weighted by Gasteiger charge is 2.30. The van der Waals surface area contributed by atoms with E-state index in [0.29, 0.717) is 34.3 Å². The van der Waals surface area contributed by atoms with Gasteiger partial charge in [0.05, 0.1) is 47.0 Å². The fraction of sp³-hybridized carbons (Fsp3) is 0.290. The molecule has 0 fully saturated rings. The third-order valence-electron chi connectivity index (χ3n) is 7.52. The highest BCUT2D eigenvalue weighted by molar-refractivity contribution is 6.06. The number of hydrogen-bond donors (Lipinski definition) is 1. The van der Waals surface area contributed by atoms with Crippen molar-refractivity contribution in [2.75, 3.05) is 56.5 Å². The Morgan fingerprint density at radius 3 is 2.71 bits per heavy atom. The van der Waals surface area contributed by atoms with Crippen molar-refractivity contribution in [2.24, 2.45) is 7.05 Å². The summed E-state index contributed by atoms with van der Waals surface area (Å²) < 4.78 is 7.76. The van der Waals surface area contributed by atoms with Gasteiger partial charge in [0.25, 0.3) is 5.91 Å². The molecule has 1 aliphatic heterocycles. The van der Waals surface area contributed by atoms with E-state index in [1.165, 1.54) is 6.08 Å². The Kier molecular flexibility index (Phi) is 7.39. The van der Waals surface area contributed by atoms with E-state index in [0.717, 1.165) is 40.8 Å². The largest absolute Gasteiger partial charge is 0.494 e. The van der Waals surface area contributed by atoms with Crippen molar-refractivity contribution in [2.45, 2.75) is 13.0 Å². The van der Waals surface area contributed by atoms with Crippen LogP contribution in [0.4, 0.5) is 23.0 Å². The minimum absolute atomic E-state index is 0.253. The third-order valence-corrected chi connectivity index (χ3v) is 7.52. The Hall–Kier alpha value is -4.88. The maximum absolute atomic E-state index is 13.7. The van der Waals surface area contributed by atoms with Crippen LogP contribution in [-0.4, -0.2) is 66.7 Å². The average Bonchev–Trinajstić information content (AvgIpc) is 3.31. The summed E-state index contributed by atoms with van der Waals surface area (Å²) in [6.45, 7) is 7.35. The van der Waals surface area contributed by atoms with Gasteiger partial charge in [-0.2, -0.15) is 5.26 Å². The van der Waals surface area contributed by atoms with Gasteiger partial charge >= 0.3 is 0 Å². The molecule has 6 bridgehead atoms. The molecule has 210 valence electrons. The molecule has 1 amide bonds. The molecule has 1 unspecified atom stereocenters. The molecule has 0 spiro atoms. The monoisotopic (exact) mass is 550 g/mol. The number of amides is 1. The third kappa shape index (κ3) is 4.96. The Bertz CT molecular complexity index is 1700. The summed E-state index contributed by atoms with van der Waals surface area (Å²) in [7, 11) is 9.58. The zero-order valence-electron chi connectivity index (χ0n) is 24.3. The Morgan fingerprint density at radius 2 is 2.02 bits per heavy atom. The minimum Gasteiger partial charge on any atom is -0.494 e. The summed E-state index contributed by atoms with van der Waals surface area (Å²) >= 11 is 0. The molecule has 1 atom stereocenters. The smallest absolute Gasteiger partial charge is 0.251 e. The molecule has 1 aliphatic rings. The summed E-state index contributed by atoms with van der Waals surface area (Å²) in [5.74, 6) is 0.690. The molecule has 2 aromatic heterocycles. The first-order chi connectivity index (χ1) is 19.7. The van der Waals surface area contributed by atoms with Crippen molar-refractivity contribution < 1.29 is 9.53 Å². The number of nitrogens with zero attached hydrogens (tertiary/aromatic N) is 7. The van der Waals surface area contributed by atoms with Crippen LogP contribution in [0.5, 0.6) is 5.75 Å². The van der Waals surface area contributed by atoms with Gasteiger partial charge in [0.1, 0.15) is 11.8 Å². The van der Waals surface area contributed by atoms with Crippen molar-refractivity contribution in [1.82, 2.24) is 19.4 Å². The maximum Gasteiger partial charge on any atom is 0.251 e. The Morgan fingerprint density at radius 1 is 1.24 bits per heavy atom. The number of methoxy groups -OCH3 is 1.